The Morgan fingerprint density at radius 2 is 1.86 bits per heavy atom. The number of carbonyl (C=O) groups is 1. The van der Waals surface area contributed by atoms with Gasteiger partial charge in [0.05, 0.1) is 30.3 Å². The van der Waals surface area contributed by atoms with Gasteiger partial charge in [-0.05, 0) is 43.2 Å². The summed E-state index contributed by atoms with van der Waals surface area (Å²) in [5.41, 5.74) is 3.13. The second-order valence-corrected chi connectivity index (χ2v) is 9.33. The highest BCUT2D eigenvalue weighted by atomic mass is 19.1. The molecule has 3 aromatic rings. The minimum atomic E-state index is -0.324. The Morgan fingerprint density at radius 3 is 2.63 bits per heavy atom. The van der Waals surface area contributed by atoms with Crippen LogP contribution in [0.1, 0.15) is 18.5 Å². The summed E-state index contributed by atoms with van der Waals surface area (Å²) >= 11 is 0. The number of morpholine rings is 1. The average molecular weight is 477 g/mol. The van der Waals surface area contributed by atoms with E-state index in [4.69, 9.17) is 9.72 Å². The van der Waals surface area contributed by atoms with Crippen molar-refractivity contribution in [3.8, 4) is 11.3 Å². The maximum Gasteiger partial charge on any atom is 0.230 e. The number of fused-ring (bicyclic) bond motifs is 3. The van der Waals surface area contributed by atoms with Gasteiger partial charge >= 0.3 is 0 Å². The van der Waals surface area contributed by atoms with Gasteiger partial charge in [0, 0.05) is 56.8 Å². The van der Waals surface area contributed by atoms with Crippen LogP contribution in [-0.4, -0.2) is 66.8 Å². The van der Waals surface area contributed by atoms with Crippen LogP contribution in [-0.2, 0) is 16.0 Å². The van der Waals surface area contributed by atoms with Gasteiger partial charge < -0.3 is 24.4 Å². The first-order valence-electron chi connectivity index (χ1n) is 12.4. The lowest BCUT2D eigenvalue weighted by Crippen LogP contribution is -2.43. The number of amides is 1. The fourth-order valence-corrected chi connectivity index (χ4v) is 5.35. The molecule has 0 aliphatic carbocycles. The Kier molecular flexibility index (Phi) is 5.85. The molecule has 0 unspecified atom stereocenters. The van der Waals surface area contributed by atoms with Gasteiger partial charge in [0.15, 0.2) is 0 Å². The lowest BCUT2D eigenvalue weighted by Gasteiger charge is -2.35. The fraction of sp³-hybridized carbons (Fsp3) is 0.423. The molecule has 1 amide bonds. The van der Waals surface area contributed by atoms with Crippen LogP contribution < -0.4 is 14.7 Å². The van der Waals surface area contributed by atoms with E-state index in [9.17, 15) is 9.18 Å². The second kappa shape index (κ2) is 9.30. The minimum Gasteiger partial charge on any atom is -0.378 e. The maximum atomic E-state index is 14.4. The summed E-state index contributed by atoms with van der Waals surface area (Å²) in [4.78, 5) is 32.7. The molecule has 5 heterocycles. The number of H-pyrrole nitrogens is 1. The molecule has 182 valence electrons. The topological polar surface area (TPSA) is 77.6 Å². The van der Waals surface area contributed by atoms with Crippen molar-refractivity contribution in [1.29, 1.82) is 0 Å². The van der Waals surface area contributed by atoms with E-state index in [-0.39, 0.29) is 17.6 Å². The lowest BCUT2D eigenvalue weighted by molar-refractivity contribution is -0.123. The van der Waals surface area contributed by atoms with Gasteiger partial charge in [-0.3, -0.25) is 4.79 Å². The number of aromatic amines is 1. The number of rotatable bonds is 3. The number of imidazole rings is 1. The number of benzene rings is 1. The quantitative estimate of drug-likeness (QED) is 0.625. The number of pyridine rings is 1. The van der Waals surface area contributed by atoms with E-state index in [0.29, 0.717) is 31.7 Å². The molecule has 2 fully saturated rings. The number of anilines is 3. The van der Waals surface area contributed by atoms with Crippen molar-refractivity contribution in [3.63, 3.8) is 0 Å². The minimum absolute atomic E-state index is 0.0684. The predicted molar refractivity (Wildman–Crippen MR) is 132 cm³/mol. The summed E-state index contributed by atoms with van der Waals surface area (Å²) in [5, 5.41) is 0. The van der Waals surface area contributed by atoms with E-state index >= 15 is 0 Å². The zero-order valence-electron chi connectivity index (χ0n) is 19.6. The molecule has 1 N–H and O–H groups in total. The largest absolute Gasteiger partial charge is 0.378 e. The number of ether oxygens (including phenoxy) is 1. The zero-order chi connectivity index (χ0) is 23.8. The molecule has 1 aromatic carbocycles. The lowest BCUT2D eigenvalue weighted by atomic mass is 9.94. The van der Waals surface area contributed by atoms with E-state index in [2.05, 4.69) is 19.8 Å². The third kappa shape index (κ3) is 4.25. The molecular weight excluding hydrogens is 447 g/mol. The standard InChI is InChI=1S/C26H29FN6O2/c27-19-4-5-22-20(17-19)24-21(29-26(30-24)32-13-15-35-16-14-32)8-12-33(22)25(34)18-6-10-31(11-7-18)23-3-1-2-9-28-23/h1-5,9,17-18H,6-8,10-16H2,(H,29,30). The molecule has 0 radical (unpaired) electrons. The average Bonchev–Trinajstić information content (AvgIpc) is 3.28. The number of carbonyl (C=O) groups excluding carboxylic acids is 1. The van der Waals surface area contributed by atoms with Crippen LogP contribution >= 0.6 is 0 Å². The van der Waals surface area contributed by atoms with Gasteiger partial charge in [0.25, 0.3) is 0 Å². The van der Waals surface area contributed by atoms with Crippen molar-refractivity contribution in [3.05, 3.63) is 54.1 Å². The van der Waals surface area contributed by atoms with Crippen LogP contribution in [0, 0.1) is 11.7 Å². The molecule has 2 saturated heterocycles. The molecule has 2 aromatic heterocycles. The first-order valence-corrected chi connectivity index (χ1v) is 12.4. The molecule has 8 nitrogen and oxygen atoms in total. The number of aromatic nitrogens is 3. The van der Waals surface area contributed by atoms with E-state index < -0.39 is 0 Å². The zero-order valence-corrected chi connectivity index (χ0v) is 19.6. The summed E-state index contributed by atoms with van der Waals surface area (Å²) < 4.78 is 19.9. The Bertz CT molecular complexity index is 1200. The van der Waals surface area contributed by atoms with Crippen molar-refractivity contribution >= 4 is 23.4 Å². The van der Waals surface area contributed by atoms with E-state index in [1.807, 2.05) is 23.1 Å². The van der Waals surface area contributed by atoms with Crippen molar-refractivity contribution in [1.82, 2.24) is 15.0 Å². The molecule has 0 atom stereocenters. The van der Waals surface area contributed by atoms with Crippen LogP contribution in [0.4, 0.5) is 21.8 Å². The van der Waals surface area contributed by atoms with Gasteiger partial charge in [-0.1, -0.05) is 6.07 Å². The van der Waals surface area contributed by atoms with Gasteiger partial charge in [0.2, 0.25) is 11.9 Å². The van der Waals surface area contributed by atoms with Crippen LogP contribution in [0.15, 0.2) is 42.6 Å². The van der Waals surface area contributed by atoms with E-state index in [1.54, 1.807) is 12.3 Å². The highest BCUT2D eigenvalue weighted by Gasteiger charge is 2.33. The number of hydrogen-bond donors (Lipinski definition) is 1. The Hall–Kier alpha value is -3.46. The van der Waals surface area contributed by atoms with E-state index in [1.165, 1.54) is 12.1 Å². The number of hydrogen-bond acceptors (Lipinski definition) is 6. The number of nitrogens with one attached hydrogen (secondary N) is 1. The third-order valence-electron chi connectivity index (χ3n) is 7.25. The highest BCUT2D eigenvalue weighted by molar-refractivity contribution is 5.99. The summed E-state index contributed by atoms with van der Waals surface area (Å²) in [6.07, 6.45) is 3.96. The normalized spacial score (nSPS) is 18.7. The smallest absolute Gasteiger partial charge is 0.230 e. The molecule has 35 heavy (non-hydrogen) atoms. The summed E-state index contributed by atoms with van der Waals surface area (Å²) in [6.45, 7) is 4.98. The predicted octanol–water partition coefficient (Wildman–Crippen LogP) is 3.25. The Morgan fingerprint density at radius 1 is 1.03 bits per heavy atom. The number of nitrogens with zero attached hydrogens (tertiary/aromatic N) is 5. The molecule has 0 saturated carbocycles. The number of piperidine rings is 1. The molecule has 0 bridgehead atoms. The Labute approximate surface area is 203 Å². The first-order chi connectivity index (χ1) is 17.2. The maximum absolute atomic E-state index is 14.4. The van der Waals surface area contributed by atoms with Crippen molar-refractivity contribution in [2.45, 2.75) is 19.3 Å². The fourth-order valence-electron chi connectivity index (χ4n) is 5.35. The molecular formula is C26H29FN6O2. The summed E-state index contributed by atoms with van der Waals surface area (Å²) in [6, 6.07) is 10.6. The molecule has 6 rings (SSSR count). The highest BCUT2D eigenvalue weighted by Crippen LogP contribution is 2.38. The Balaban J connectivity index is 1.25. The third-order valence-corrected chi connectivity index (χ3v) is 7.25. The van der Waals surface area contributed by atoms with Crippen molar-refractivity contribution in [2.24, 2.45) is 5.92 Å². The van der Waals surface area contributed by atoms with Crippen molar-refractivity contribution < 1.29 is 13.9 Å². The SMILES string of the molecule is O=C(C1CCN(c2ccccn2)CC1)N1CCc2nc(N3CCOCC3)[nH]c2-c2cc(F)ccc21. The monoisotopic (exact) mass is 476 g/mol. The first kappa shape index (κ1) is 22.0. The molecule has 3 aliphatic rings. The number of halogens is 1. The second-order valence-electron chi connectivity index (χ2n) is 9.33. The van der Waals surface area contributed by atoms with Crippen LogP contribution in [0.2, 0.25) is 0 Å². The summed E-state index contributed by atoms with van der Waals surface area (Å²) in [7, 11) is 0. The van der Waals surface area contributed by atoms with Gasteiger partial charge in [-0.15, -0.1) is 0 Å². The van der Waals surface area contributed by atoms with Crippen molar-refractivity contribution in [2.75, 3.05) is 60.6 Å². The van der Waals surface area contributed by atoms with Gasteiger partial charge in [-0.25, -0.2) is 14.4 Å². The van der Waals surface area contributed by atoms with Gasteiger partial charge in [0.1, 0.15) is 11.6 Å². The van der Waals surface area contributed by atoms with E-state index in [0.717, 1.165) is 67.9 Å². The van der Waals surface area contributed by atoms with Crippen LogP contribution in [0.3, 0.4) is 0 Å². The van der Waals surface area contributed by atoms with Gasteiger partial charge in [-0.2, -0.15) is 0 Å². The molecule has 0 spiro atoms. The van der Waals surface area contributed by atoms with Crippen LogP contribution in [0.25, 0.3) is 11.3 Å². The van der Waals surface area contributed by atoms with Crippen LogP contribution in [0.5, 0.6) is 0 Å². The molecule has 9 heteroatoms. The summed E-state index contributed by atoms with van der Waals surface area (Å²) in [5.74, 6) is 1.46. The molecule has 3 aliphatic heterocycles.